The maximum absolute atomic E-state index is 5.55. The van der Waals surface area contributed by atoms with Crippen LogP contribution in [0.25, 0.3) is 0 Å². The van der Waals surface area contributed by atoms with Gasteiger partial charge >= 0.3 is 0 Å². The summed E-state index contributed by atoms with van der Waals surface area (Å²) in [6.45, 7) is 9.42. The van der Waals surface area contributed by atoms with E-state index in [0.29, 0.717) is 6.04 Å². The van der Waals surface area contributed by atoms with Gasteiger partial charge in [0.2, 0.25) is 0 Å². The Morgan fingerprint density at radius 3 is 2.73 bits per heavy atom. The summed E-state index contributed by atoms with van der Waals surface area (Å²) in [6.07, 6.45) is 0. The van der Waals surface area contributed by atoms with Crippen molar-refractivity contribution >= 4 is 0 Å². The van der Waals surface area contributed by atoms with E-state index >= 15 is 0 Å². The number of aryl methyl sites for hydroxylation is 1. The highest BCUT2D eigenvalue weighted by Gasteiger charge is 2.08. The first-order valence-electron chi connectivity index (χ1n) is 5.61. The van der Waals surface area contributed by atoms with Gasteiger partial charge < -0.3 is 14.6 Å². The quantitative estimate of drug-likeness (QED) is 0.780. The highest BCUT2D eigenvalue weighted by atomic mass is 16.3. The molecule has 0 saturated heterocycles. The molecule has 1 atom stereocenters. The minimum absolute atomic E-state index is 0.295. The molecule has 1 N–H and O–H groups in total. The molecule has 1 unspecified atom stereocenters. The van der Waals surface area contributed by atoms with E-state index < -0.39 is 0 Å². The Morgan fingerprint density at radius 2 is 2.20 bits per heavy atom. The van der Waals surface area contributed by atoms with Crippen LogP contribution in [-0.4, -0.2) is 31.6 Å². The molecule has 0 bridgehead atoms. The van der Waals surface area contributed by atoms with Gasteiger partial charge in [-0.15, -0.1) is 0 Å². The van der Waals surface area contributed by atoms with E-state index in [-0.39, 0.29) is 0 Å². The molecule has 1 aromatic heterocycles. The molecule has 0 aromatic carbocycles. The normalized spacial score (nSPS) is 13.4. The van der Waals surface area contributed by atoms with Crippen molar-refractivity contribution in [1.82, 2.24) is 10.2 Å². The summed E-state index contributed by atoms with van der Waals surface area (Å²) >= 11 is 0. The third-order valence-corrected chi connectivity index (χ3v) is 2.67. The zero-order valence-electron chi connectivity index (χ0n) is 10.2. The highest BCUT2D eigenvalue weighted by Crippen LogP contribution is 2.14. The maximum atomic E-state index is 5.55. The molecule has 3 heteroatoms. The lowest BCUT2D eigenvalue weighted by atomic mass is 10.2. The Hall–Kier alpha value is -0.800. The summed E-state index contributed by atoms with van der Waals surface area (Å²) < 4.78 is 5.55. The van der Waals surface area contributed by atoms with Crippen LogP contribution in [0.15, 0.2) is 16.5 Å². The van der Waals surface area contributed by atoms with Crippen LogP contribution in [0.3, 0.4) is 0 Å². The summed E-state index contributed by atoms with van der Waals surface area (Å²) in [5.74, 6) is 2.00. The van der Waals surface area contributed by atoms with Gasteiger partial charge in [0.1, 0.15) is 11.5 Å². The number of hydrogen-bond acceptors (Lipinski definition) is 3. The van der Waals surface area contributed by atoms with Crippen molar-refractivity contribution in [3.8, 4) is 0 Å². The molecular formula is C12H22N2O. The van der Waals surface area contributed by atoms with Crippen molar-refractivity contribution in [2.45, 2.75) is 26.8 Å². The first-order chi connectivity index (χ1) is 7.13. The average Bonchev–Trinajstić information content (AvgIpc) is 2.64. The van der Waals surface area contributed by atoms with Gasteiger partial charge in [-0.1, -0.05) is 6.92 Å². The number of likely N-dealkylation sites (N-methyl/N-ethyl adjacent to an activating group) is 1. The van der Waals surface area contributed by atoms with Crippen LogP contribution < -0.4 is 5.32 Å². The van der Waals surface area contributed by atoms with Crippen LogP contribution in [0.4, 0.5) is 0 Å². The molecule has 0 saturated carbocycles. The molecular weight excluding hydrogens is 188 g/mol. The molecule has 0 spiro atoms. The van der Waals surface area contributed by atoms with Crippen molar-refractivity contribution in [3.05, 3.63) is 23.7 Å². The van der Waals surface area contributed by atoms with Gasteiger partial charge in [-0.3, -0.25) is 0 Å². The molecule has 0 aliphatic rings. The van der Waals surface area contributed by atoms with E-state index in [1.165, 1.54) is 0 Å². The van der Waals surface area contributed by atoms with Crippen LogP contribution in [0.1, 0.15) is 31.4 Å². The Kier molecular flexibility index (Phi) is 4.85. The second kappa shape index (κ2) is 5.93. The summed E-state index contributed by atoms with van der Waals surface area (Å²) in [7, 11) is 2.13. The van der Waals surface area contributed by atoms with Crippen molar-refractivity contribution in [2.24, 2.45) is 0 Å². The molecule has 0 aliphatic heterocycles. The lowest BCUT2D eigenvalue weighted by Gasteiger charge is -2.16. The van der Waals surface area contributed by atoms with Crippen LogP contribution in [-0.2, 0) is 0 Å². The van der Waals surface area contributed by atoms with Crippen molar-refractivity contribution < 1.29 is 4.42 Å². The number of nitrogens with one attached hydrogen (secondary N) is 1. The van der Waals surface area contributed by atoms with Gasteiger partial charge in [-0.05, 0) is 39.6 Å². The Morgan fingerprint density at radius 1 is 1.47 bits per heavy atom. The second-order valence-electron chi connectivity index (χ2n) is 4.02. The summed E-state index contributed by atoms with van der Waals surface area (Å²) in [6, 6.07) is 4.34. The fourth-order valence-corrected chi connectivity index (χ4v) is 1.42. The molecule has 1 aromatic rings. The van der Waals surface area contributed by atoms with Crippen LogP contribution >= 0.6 is 0 Å². The van der Waals surface area contributed by atoms with E-state index in [1.807, 2.05) is 19.1 Å². The van der Waals surface area contributed by atoms with Crippen molar-refractivity contribution in [2.75, 3.05) is 26.7 Å². The molecule has 1 rings (SSSR count). The molecule has 86 valence electrons. The lowest BCUT2D eigenvalue weighted by Crippen LogP contribution is -2.30. The largest absolute Gasteiger partial charge is 0.465 e. The molecule has 0 aliphatic carbocycles. The molecule has 15 heavy (non-hydrogen) atoms. The number of furan rings is 1. The van der Waals surface area contributed by atoms with Crippen LogP contribution in [0, 0.1) is 6.92 Å². The minimum atomic E-state index is 0.295. The molecule has 0 radical (unpaired) electrons. The van der Waals surface area contributed by atoms with Crippen molar-refractivity contribution in [3.63, 3.8) is 0 Å². The van der Waals surface area contributed by atoms with Crippen molar-refractivity contribution in [1.29, 1.82) is 0 Å². The molecule has 3 nitrogen and oxygen atoms in total. The molecule has 0 amide bonds. The van der Waals surface area contributed by atoms with Gasteiger partial charge in [0.25, 0.3) is 0 Å². The Bertz CT molecular complexity index is 283. The van der Waals surface area contributed by atoms with E-state index in [9.17, 15) is 0 Å². The Balaban J connectivity index is 2.27. The van der Waals surface area contributed by atoms with E-state index in [4.69, 9.17) is 4.42 Å². The number of nitrogens with zero attached hydrogens (tertiary/aromatic N) is 1. The zero-order valence-corrected chi connectivity index (χ0v) is 10.2. The topological polar surface area (TPSA) is 28.4 Å². The third-order valence-electron chi connectivity index (χ3n) is 2.67. The highest BCUT2D eigenvalue weighted by molar-refractivity contribution is 5.08. The first-order valence-corrected chi connectivity index (χ1v) is 5.61. The van der Waals surface area contributed by atoms with Gasteiger partial charge in [0.05, 0.1) is 6.04 Å². The predicted molar refractivity (Wildman–Crippen MR) is 63.0 cm³/mol. The molecule has 1 heterocycles. The lowest BCUT2D eigenvalue weighted by molar-refractivity contribution is 0.333. The van der Waals surface area contributed by atoms with E-state index in [0.717, 1.165) is 31.2 Å². The maximum Gasteiger partial charge on any atom is 0.120 e. The second-order valence-corrected chi connectivity index (χ2v) is 4.02. The fraction of sp³-hybridized carbons (Fsp3) is 0.667. The van der Waals surface area contributed by atoms with E-state index in [2.05, 4.69) is 31.1 Å². The molecule has 0 fully saturated rings. The summed E-state index contributed by atoms with van der Waals surface area (Å²) in [5, 5.41) is 3.44. The van der Waals surface area contributed by atoms with E-state index in [1.54, 1.807) is 0 Å². The standard InChI is InChI=1S/C12H22N2O/c1-5-14(4)9-8-13-11(3)12-7-6-10(2)15-12/h6-7,11,13H,5,8-9H2,1-4H3. The summed E-state index contributed by atoms with van der Waals surface area (Å²) in [4.78, 5) is 2.28. The van der Waals surface area contributed by atoms with Gasteiger partial charge in [0.15, 0.2) is 0 Å². The number of hydrogen-bond donors (Lipinski definition) is 1. The summed E-state index contributed by atoms with van der Waals surface area (Å²) in [5.41, 5.74) is 0. The first kappa shape index (κ1) is 12.3. The van der Waals surface area contributed by atoms with Gasteiger partial charge in [0, 0.05) is 13.1 Å². The third kappa shape index (κ3) is 4.06. The number of rotatable bonds is 6. The van der Waals surface area contributed by atoms with Crippen LogP contribution in [0.2, 0.25) is 0 Å². The smallest absolute Gasteiger partial charge is 0.120 e. The average molecular weight is 210 g/mol. The SMILES string of the molecule is CCN(C)CCNC(C)c1ccc(C)o1. The zero-order chi connectivity index (χ0) is 11.3. The predicted octanol–water partition coefficient (Wildman–Crippen LogP) is 2.19. The monoisotopic (exact) mass is 210 g/mol. The Labute approximate surface area is 92.5 Å². The van der Waals surface area contributed by atoms with Crippen LogP contribution in [0.5, 0.6) is 0 Å². The fourth-order valence-electron chi connectivity index (χ4n) is 1.42. The minimum Gasteiger partial charge on any atom is -0.465 e. The van der Waals surface area contributed by atoms with Gasteiger partial charge in [-0.2, -0.15) is 0 Å². The van der Waals surface area contributed by atoms with Gasteiger partial charge in [-0.25, -0.2) is 0 Å².